The van der Waals surface area contributed by atoms with Gasteiger partial charge in [-0.1, -0.05) is 6.92 Å². The highest BCUT2D eigenvalue weighted by atomic mass is 32.1. The normalized spacial score (nSPS) is 12.8. The van der Waals surface area contributed by atoms with Crippen molar-refractivity contribution in [3.05, 3.63) is 34.8 Å². The number of hydrogen-bond acceptors (Lipinski definition) is 4. The van der Waals surface area contributed by atoms with Crippen LogP contribution in [0.2, 0.25) is 0 Å². The Hall–Kier alpha value is -1.20. The van der Waals surface area contributed by atoms with E-state index in [1.54, 1.807) is 11.3 Å². The Labute approximate surface area is 106 Å². The molecule has 0 saturated heterocycles. The van der Waals surface area contributed by atoms with Gasteiger partial charge in [0.2, 0.25) is 0 Å². The fourth-order valence-electron chi connectivity index (χ4n) is 1.76. The first-order valence-electron chi connectivity index (χ1n) is 5.88. The van der Waals surface area contributed by atoms with Gasteiger partial charge in [0.05, 0.1) is 23.6 Å². The van der Waals surface area contributed by atoms with Crippen molar-refractivity contribution in [3.63, 3.8) is 0 Å². The molecule has 2 heterocycles. The summed E-state index contributed by atoms with van der Waals surface area (Å²) in [5.41, 5.74) is 2.99. The highest BCUT2D eigenvalue weighted by Gasteiger charge is 2.14. The van der Waals surface area contributed by atoms with Gasteiger partial charge < -0.3 is 9.88 Å². The first kappa shape index (κ1) is 12.3. The maximum Gasteiger partial charge on any atom is 0.0947 e. The Morgan fingerprint density at radius 3 is 3.00 bits per heavy atom. The van der Waals surface area contributed by atoms with Gasteiger partial charge in [-0.15, -0.1) is 11.3 Å². The molecular formula is C12H18N4S. The van der Waals surface area contributed by atoms with Gasteiger partial charge in [-0.2, -0.15) is 0 Å². The molecule has 0 radical (unpaired) electrons. The molecule has 2 rings (SSSR count). The van der Waals surface area contributed by atoms with Gasteiger partial charge in [0, 0.05) is 30.7 Å². The summed E-state index contributed by atoms with van der Waals surface area (Å²) >= 11 is 1.70. The van der Waals surface area contributed by atoms with Gasteiger partial charge in [0.1, 0.15) is 0 Å². The molecule has 2 aromatic heterocycles. The average Bonchev–Trinajstić information content (AvgIpc) is 2.95. The summed E-state index contributed by atoms with van der Waals surface area (Å²) in [5.74, 6) is 0. The van der Waals surface area contributed by atoms with Crippen LogP contribution in [0.5, 0.6) is 0 Å². The van der Waals surface area contributed by atoms with Crippen LogP contribution >= 0.6 is 11.3 Å². The minimum Gasteiger partial charge on any atom is -0.340 e. The lowest BCUT2D eigenvalue weighted by Gasteiger charge is -2.15. The van der Waals surface area contributed by atoms with Crippen molar-refractivity contribution in [2.75, 3.05) is 6.54 Å². The summed E-state index contributed by atoms with van der Waals surface area (Å²) in [7, 11) is 2.00. The van der Waals surface area contributed by atoms with Crippen molar-refractivity contribution < 1.29 is 0 Å². The molecule has 0 amide bonds. The van der Waals surface area contributed by atoms with Crippen LogP contribution < -0.4 is 5.32 Å². The molecule has 0 aliphatic rings. The second-order valence-corrected chi connectivity index (χ2v) is 5.11. The van der Waals surface area contributed by atoms with E-state index in [-0.39, 0.29) is 6.04 Å². The third kappa shape index (κ3) is 3.38. The fourth-order valence-corrected chi connectivity index (χ4v) is 2.40. The third-order valence-electron chi connectivity index (χ3n) is 2.61. The Kier molecular flexibility index (Phi) is 4.28. The Morgan fingerprint density at radius 2 is 2.41 bits per heavy atom. The largest absolute Gasteiger partial charge is 0.340 e. The highest BCUT2D eigenvalue weighted by Crippen LogP contribution is 2.18. The summed E-state index contributed by atoms with van der Waals surface area (Å²) in [6, 6.07) is 0.289. The van der Waals surface area contributed by atoms with E-state index in [1.807, 2.05) is 29.6 Å². The predicted octanol–water partition coefficient (Wildman–Crippen LogP) is 2.16. The molecule has 0 bridgehead atoms. The third-order valence-corrected chi connectivity index (χ3v) is 3.41. The molecule has 0 fully saturated rings. The van der Waals surface area contributed by atoms with E-state index in [0.29, 0.717) is 0 Å². The molecule has 5 heteroatoms. The molecule has 0 spiro atoms. The predicted molar refractivity (Wildman–Crippen MR) is 70.1 cm³/mol. The van der Waals surface area contributed by atoms with Crippen molar-refractivity contribution in [2.45, 2.75) is 25.8 Å². The summed E-state index contributed by atoms with van der Waals surface area (Å²) in [6.07, 6.45) is 7.96. The molecule has 1 unspecified atom stereocenters. The molecule has 0 aromatic carbocycles. The number of rotatable bonds is 6. The zero-order valence-electron chi connectivity index (χ0n) is 10.3. The molecule has 0 aliphatic heterocycles. The molecule has 4 nitrogen and oxygen atoms in total. The molecule has 0 saturated carbocycles. The first-order valence-corrected chi connectivity index (χ1v) is 6.76. The van der Waals surface area contributed by atoms with E-state index >= 15 is 0 Å². The lowest BCUT2D eigenvalue weighted by Crippen LogP contribution is -2.24. The van der Waals surface area contributed by atoms with Gasteiger partial charge in [0.25, 0.3) is 0 Å². The van der Waals surface area contributed by atoms with Crippen molar-refractivity contribution >= 4 is 11.3 Å². The minimum atomic E-state index is 0.289. The van der Waals surface area contributed by atoms with E-state index in [4.69, 9.17) is 0 Å². The monoisotopic (exact) mass is 250 g/mol. The van der Waals surface area contributed by atoms with Gasteiger partial charge in [-0.05, 0) is 13.0 Å². The van der Waals surface area contributed by atoms with Crippen LogP contribution in [0, 0.1) is 0 Å². The van der Waals surface area contributed by atoms with Gasteiger partial charge >= 0.3 is 0 Å². The smallest absolute Gasteiger partial charge is 0.0947 e. The van der Waals surface area contributed by atoms with Gasteiger partial charge in [0.15, 0.2) is 0 Å². The van der Waals surface area contributed by atoms with E-state index in [2.05, 4.69) is 28.4 Å². The van der Waals surface area contributed by atoms with Gasteiger partial charge in [-0.25, -0.2) is 4.98 Å². The van der Waals surface area contributed by atoms with Crippen LogP contribution in [-0.2, 0) is 13.5 Å². The SMILES string of the molecule is CCCNC(Cc1cncs1)c1cn(C)cn1. The lowest BCUT2D eigenvalue weighted by molar-refractivity contribution is 0.522. The van der Waals surface area contributed by atoms with Crippen LogP contribution in [0.15, 0.2) is 24.2 Å². The molecule has 2 aromatic rings. The summed E-state index contributed by atoms with van der Waals surface area (Å²) in [5, 5.41) is 3.54. The summed E-state index contributed by atoms with van der Waals surface area (Å²) < 4.78 is 1.99. The zero-order valence-corrected chi connectivity index (χ0v) is 11.1. The Morgan fingerprint density at radius 1 is 1.53 bits per heavy atom. The Bertz CT molecular complexity index is 435. The maximum absolute atomic E-state index is 4.43. The van der Waals surface area contributed by atoms with Crippen LogP contribution in [-0.4, -0.2) is 21.1 Å². The number of hydrogen-bond donors (Lipinski definition) is 1. The first-order chi connectivity index (χ1) is 8.29. The number of aryl methyl sites for hydroxylation is 1. The van der Waals surface area contributed by atoms with Crippen LogP contribution in [0.3, 0.4) is 0 Å². The Balaban J connectivity index is 2.07. The molecule has 92 valence electrons. The van der Waals surface area contributed by atoms with E-state index in [0.717, 1.165) is 25.1 Å². The fraction of sp³-hybridized carbons (Fsp3) is 0.500. The van der Waals surface area contributed by atoms with Crippen LogP contribution in [0.4, 0.5) is 0 Å². The number of nitrogens with zero attached hydrogens (tertiary/aromatic N) is 3. The zero-order chi connectivity index (χ0) is 12.1. The quantitative estimate of drug-likeness (QED) is 0.854. The number of aromatic nitrogens is 3. The molecule has 1 N–H and O–H groups in total. The number of nitrogens with one attached hydrogen (secondary N) is 1. The van der Waals surface area contributed by atoms with E-state index < -0.39 is 0 Å². The van der Waals surface area contributed by atoms with Crippen molar-refractivity contribution in [1.82, 2.24) is 19.9 Å². The minimum absolute atomic E-state index is 0.289. The second-order valence-electron chi connectivity index (χ2n) is 4.14. The topological polar surface area (TPSA) is 42.7 Å². The standard InChI is InChI=1S/C12H18N4S/c1-3-4-14-11(5-10-6-13-9-17-10)12-7-16(2)8-15-12/h6-9,11,14H,3-5H2,1-2H3. The van der Waals surface area contributed by atoms with Crippen molar-refractivity contribution in [1.29, 1.82) is 0 Å². The average molecular weight is 250 g/mol. The number of thiazole rings is 1. The molecule has 17 heavy (non-hydrogen) atoms. The summed E-state index contributed by atoms with van der Waals surface area (Å²) in [6.45, 7) is 3.19. The van der Waals surface area contributed by atoms with Gasteiger partial charge in [-0.3, -0.25) is 4.98 Å². The molecule has 0 aliphatic carbocycles. The van der Waals surface area contributed by atoms with Crippen LogP contribution in [0.1, 0.15) is 30.0 Å². The van der Waals surface area contributed by atoms with Crippen molar-refractivity contribution in [2.24, 2.45) is 7.05 Å². The van der Waals surface area contributed by atoms with Crippen LogP contribution in [0.25, 0.3) is 0 Å². The van der Waals surface area contributed by atoms with E-state index in [9.17, 15) is 0 Å². The van der Waals surface area contributed by atoms with Crippen molar-refractivity contribution in [3.8, 4) is 0 Å². The lowest BCUT2D eigenvalue weighted by atomic mass is 10.1. The molecule has 1 atom stereocenters. The van der Waals surface area contributed by atoms with E-state index in [1.165, 1.54) is 4.88 Å². The second kappa shape index (κ2) is 5.93. The maximum atomic E-state index is 4.43. The molecular weight excluding hydrogens is 232 g/mol. The summed E-state index contributed by atoms with van der Waals surface area (Å²) in [4.78, 5) is 9.85. The highest BCUT2D eigenvalue weighted by molar-refractivity contribution is 7.09. The number of imidazole rings is 1.